The first-order valence-corrected chi connectivity index (χ1v) is 9.14. The summed E-state index contributed by atoms with van der Waals surface area (Å²) in [5, 5.41) is 15.9. The van der Waals surface area contributed by atoms with Crippen LogP contribution in [0.2, 0.25) is 0 Å². The number of fused-ring (bicyclic) bond motifs is 1. The lowest BCUT2D eigenvalue weighted by Gasteiger charge is -2.47. The van der Waals surface area contributed by atoms with Gasteiger partial charge in [-0.3, -0.25) is 14.7 Å². The van der Waals surface area contributed by atoms with E-state index in [4.69, 9.17) is 5.11 Å². The van der Waals surface area contributed by atoms with Crippen LogP contribution in [0.1, 0.15) is 43.8 Å². The van der Waals surface area contributed by atoms with Crippen molar-refractivity contribution in [1.82, 2.24) is 25.0 Å². The highest BCUT2D eigenvalue weighted by Crippen LogP contribution is 2.31. The molecule has 2 aliphatic heterocycles. The molecule has 1 aromatic heterocycles. The lowest BCUT2D eigenvalue weighted by Crippen LogP contribution is -2.57. The highest BCUT2D eigenvalue weighted by atomic mass is 16.3. The van der Waals surface area contributed by atoms with Gasteiger partial charge in [0.15, 0.2) is 5.82 Å². The molecule has 2 atom stereocenters. The van der Waals surface area contributed by atoms with Crippen LogP contribution in [0.15, 0.2) is 0 Å². The van der Waals surface area contributed by atoms with Gasteiger partial charge in [-0.05, 0) is 32.1 Å². The highest BCUT2D eigenvalue weighted by molar-refractivity contribution is 5.78. The zero-order valence-electron chi connectivity index (χ0n) is 14.8. The topological polar surface area (TPSA) is 102 Å². The molecular weight excluding hydrogens is 322 g/mol. The number of aryl methyl sites for hydroxylation is 2. The fraction of sp³-hybridized carbons (Fsp3) is 0.765. The lowest BCUT2D eigenvalue weighted by molar-refractivity contribution is -0.144. The molecule has 0 saturated carbocycles. The number of likely N-dealkylation sites (tertiary alicyclic amines) is 2. The second kappa shape index (κ2) is 7.95. The number of carbonyl (C=O) groups excluding carboxylic acids is 2. The van der Waals surface area contributed by atoms with Gasteiger partial charge < -0.3 is 14.9 Å². The molecule has 3 heterocycles. The fourth-order valence-corrected chi connectivity index (χ4v) is 3.99. The van der Waals surface area contributed by atoms with Crippen LogP contribution in [0.3, 0.4) is 0 Å². The summed E-state index contributed by atoms with van der Waals surface area (Å²) in [6, 6.07) is 0.215. The number of amides is 2. The molecule has 0 aromatic carbocycles. The largest absolute Gasteiger partial charge is 0.396 e. The van der Waals surface area contributed by atoms with E-state index >= 15 is 0 Å². The second-order valence-electron chi connectivity index (χ2n) is 7.00. The van der Waals surface area contributed by atoms with Crippen molar-refractivity contribution in [3.63, 3.8) is 0 Å². The summed E-state index contributed by atoms with van der Waals surface area (Å²) in [5.74, 6) is 2.12. The summed E-state index contributed by atoms with van der Waals surface area (Å²) < 4.78 is 0. The normalized spacial score (nSPS) is 23.7. The molecule has 0 radical (unpaired) electrons. The standard InChI is InChI=1S/C17H27N5O3/c1-12-18-15(20-19-12)4-6-16(24)21-9-7-14-13(11-21)3-5-17(25)22(14)8-2-10-23/h13-14,23H,2-11H2,1H3,(H,18,19,20)/t13-,14+/m0/s1. The van der Waals surface area contributed by atoms with Gasteiger partial charge in [0.25, 0.3) is 0 Å². The monoisotopic (exact) mass is 349 g/mol. The number of rotatable bonds is 6. The van der Waals surface area contributed by atoms with Crippen LogP contribution in [-0.2, 0) is 16.0 Å². The third-order valence-corrected chi connectivity index (χ3v) is 5.26. The van der Waals surface area contributed by atoms with E-state index in [-0.39, 0.29) is 24.5 Å². The smallest absolute Gasteiger partial charge is 0.223 e. The molecule has 2 amide bonds. The van der Waals surface area contributed by atoms with Gasteiger partial charge in [-0.15, -0.1) is 0 Å². The van der Waals surface area contributed by atoms with Gasteiger partial charge in [0.05, 0.1) is 0 Å². The van der Waals surface area contributed by atoms with Crippen LogP contribution in [-0.4, -0.2) is 74.2 Å². The number of aliphatic hydroxyl groups excluding tert-OH is 1. The van der Waals surface area contributed by atoms with Crippen molar-refractivity contribution in [2.75, 3.05) is 26.2 Å². The first-order chi connectivity index (χ1) is 12.1. The molecule has 3 rings (SSSR count). The molecule has 8 nitrogen and oxygen atoms in total. The molecule has 0 aliphatic carbocycles. The summed E-state index contributed by atoms with van der Waals surface area (Å²) in [4.78, 5) is 32.8. The quantitative estimate of drug-likeness (QED) is 0.767. The van der Waals surface area contributed by atoms with Gasteiger partial charge in [0.1, 0.15) is 5.82 Å². The van der Waals surface area contributed by atoms with Gasteiger partial charge >= 0.3 is 0 Å². The molecular formula is C17H27N5O3. The molecule has 25 heavy (non-hydrogen) atoms. The first kappa shape index (κ1) is 17.8. The Balaban J connectivity index is 1.53. The average molecular weight is 349 g/mol. The minimum absolute atomic E-state index is 0.104. The van der Waals surface area contributed by atoms with Crippen LogP contribution in [0, 0.1) is 12.8 Å². The number of aliphatic hydroxyl groups is 1. The zero-order valence-corrected chi connectivity index (χ0v) is 14.8. The molecule has 0 unspecified atom stereocenters. The van der Waals surface area contributed by atoms with Crippen LogP contribution in [0.5, 0.6) is 0 Å². The number of aromatic amines is 1. The van der Waals surface area contributed by atoms with E-state index in [1.54, 1.807) is 0 Å². The van der Waals surface area contributed by atoms with Crippen molar-refractivity contribution < 1.29 is 14.7 Å². The Morgan fingerprint density at radius 3 is 2.96 bits per heavy atom. The zero-order chi connectivity index (χ0) is 17.8. The Kier molecular flexibility index (Phi) is 5.67. The van der Waals surface area contributed by atoms with Crippen LogP contribution in [0.4, 0.5) is 0 Å². The number of piperidine rings is 2. The van der Waals surface area contributed by atoms with Gasteiger partial charge in [-0.2, -0.15) is 5.10 Å². The van der Waals surface area contributed by atoms with Crippen molar-refractivity contribution in [1.29, 1.82) is 0 Å². The van der Waals surface area contributed by atoms with E-state index in [0.717, 1.165) is 25.2 Å². The maximum Gasteiger partial charge on any atom is 0.223 e. The Morgan fingerprint density at radius 2 is 2.24 bits per heavy atom. The molecule has 2 N–H and O–H groups in total. The Bertz CT molecular complexity index is 617. The molecule has 8 heteroatoms. The first-order valence-electron chi connectivity index (χ1n) is 9.14. The minimum atomic E-state index is 0.104. The number of H-pyrrole nitrogens is 1. The van der Waals surface area contributed by atoms with Gasteiger partial charge in [-0.25, -0.2) is 4.98 Å². The maximum atomic E-state index is 12.5. The Hall–Kier alpha value is -1.96. The Morgan fingerprint density at radius 1 is 1.40 bits per heavy atom. The van der Waals surface area contributed by atoms with Gasteiger partial charge in [0.2, 0.25) is 11.8 Å². The lowest BCUT2D eigenvalue weighted by atomic mass is 9.83. The molecule has 0 bridgehead atoms. The van der Waals surface area contributed by atoms with Gasteiger partial charge in [-0.1, -0.05) is 0 Å². The fourth-order valence-electron chi connectivity index (χ4n) is 3.99. The summed E-state index contributed by atoms with van der Waals surface area (Å²) in [5.41, 5.74) is 0. The third-order valence-electron chi connectivity index (χ3n) is 5.26. The van der Waals surface area contributed by atoms with E-state index in [9.17, 15) is 9.59 Å². The second-order valence-corrected chi connectivity index (χ2v) is 7.00. The number of nitrogens with one attached hydrogen (secondary N) is 1. The molecule has 2 aliphatic rings. The molecule has 2 saturated heterocycles. The van der Waals surface area contributed by atoms with Crippen molar-refractivity contribution >= 4 is 11.8 Å². The van der Waals surface area contributed by atoms with E-state index in [0.29, 0.717) is 50.5 Å². The SMILES string of the molecule is Cc1nc(CCC(=O)N2CC[C@@H]3[C@@H](CCC(=O)N3CCCO)C2)n[nH]1. The molecule has 1 aromatic rings. The predicted molar refractivity (Wildman–Crippen MR) is 90.6 cm³/mol. The summed E-state index contributed by atoms with van der Waals surface area (Å²) in [7, 11) is 0. The van der Waals surface area contributed by atoms with Crippen LogP contribution < -0.4 is 0 Å². The van der Waals surface area contributed by atoms with E-state index in [1.165, 1.54) is 0 Å². The van der Waals surface area contributed by atoms with E-state index in [2.05, 4.69) is 15.2 Å². The average Bonchev–Trinajstić information content (AvgIpc) is 3.04. The van der Waals surface area contributed by atoms with Crippen molar-refractivity contribution in [3.8, 4) is 0 Å². The Labute approximate surface area is 147 Å². The molecule has 2 fully saturated rings. The third kappa shape index (κ3) is 4.18. The van der Waals surface area contributed by atoms with Crippen LogP contribution in [0.25, 0.3) is 0 Å². The summed E-state index contributed by atoms with van der Waals surface area (Å²) >= 11 is 0. The molecule has 0 spiro atoms. The number of hydrogen-bond acceptors (Lipinski definition) is 5. The number of aromatic nitrogens is 3. The van der Waals surface area contributed by atoms with Gasteiger partial charge in [0, 0.05) is 51.5 Å². The molecule has 138 valence electrons. The minimum Gasteiger partial charge on any atom is -0.396 e. The predicted octanol–water partition coefficient (Wildman–Crippen LogP) is 0.268. The van der Waals surface area contributed by atoms with Crippen molar-refractivity contribution in [2.45, 2.75) is 51.5 Å². The van der Waals surface area contributed by atoms with E-state index < -0.39 is 0 Å². The summed E-state index contributed by atoms with van der Waals surface area (Å²) in [6.07, 6.45) is 3.81. The number of carbonyl (C=O) groups is 2. The van der Waals surface area contributed by atoms with E-state index in [1.807, 2.05) is 16.7 Å². The maximum absolute atomic E-state index is 12.5. The number of hydrogen-bond donors (Lipinski definition) is 2. The van der Waals surface area contributed by atoms with Crippen molar-refractivity contribution in [2.24, 2.45) is 5.92 Å². The highest BCUT2D eigenvalue weighted by Gasteiger charge is 2.39. The van der Waals surface area contributed by atoms with Crippen LogP contribution >= 0.6 is 0 Å². The number of nitrogens with zero attached hydrogens (tertiary/aromatic N) is 4. The van der Waals surface area contributed by atoms with Crippen molar-refractivity contribution in [3.05, 3.63) is 11.6 Å². The summed E-state index contributed by atoms with van der Waals surface area (Å²) in [6.45, 7) is 3.98.